The summed E-state index contributed by atoms with van der Waals surface area (Å²) in [6.07, 6.45) is 0.457. The van der Waals surface area contributed by atoms with Gasteiger partial charge in [0, 0.05) is 5.56 Å². The summed E-state index contributed by atoms with van der Waals surface area (Å²) in [6.45, 7) is 2.60. The number of carbonyl (C=O) groups excluding carboxylic acids is 2. The van der Waals surface area contributed by atoms with E-state index in [0.29, 0.717) is 6.29 Å². The number of benzene rings is 1. The molecule has 0 amide bonds. The Kier molecular flexibility index (Phi) is 4.59. The topological polar surface area (TPSA) is 80.7 Å². The predicted molar refractivity (Wildman–Crippen MR) is 64.5 cm³/mol. The van der Waals surface area contributed by atoms with Crippen LogP contribution >= 0.6 is 0 Å². The Hall–Kier alpha value is -2.45. The molecular weight excluding hydrogens is 312 g/mol. The number of halogens is 4. The summed E-state index contributed by atoms with van der Waals surface area (Å²) in [5, 5.41) is 8.09. The Bertz CT molecular complexity index is 616. The molecule has 0 saturated carbocycles. The highest BCUT2D eigenvalue weighted by Crippen LogP contribution is 2.37. The minimum Gasteiger partial charge on any atom is -0.477 e. The van der Waals surface area contributed by atoms with Crippen molar-refractivity contribution in [3.8, 4) is 5.75 Å². The van der Waals surface area contributed by atoms with Crippen molar-refractivity contribution in [2.24, 2.45) is 0 Å². The normalized spacial score (nSPS) is 11.9. The first kappa shape index (κ1) is 17.6. The average molecular weight is 322 g/mol. The van der Waals surface area contributed by atoms with Crippen LogP contribution < -0.4 is 4.74 Å². The van der Waals surface area contributed by atoms with Gasteiger partial charge in [0.1, 0.15) is 12.0 Å². The van der Waals surface area contributed by atoms with Crippen LogP contribution in [-0.4, -0.2) is 35.2 Å². The van der Waals surface area contributed by atoms with E-state index in [-0.39, 0.29) is 16.7 Å². The highest BCUT2D eigenvalue weighted by atomic mass is 19.3. The van der Waals surface area contributed by atoms with Gasteiger partial charge in [-0.15, -0.1) is 0 Å². The van der Waals surface area contributed by atoms with E-state index in [9.17, 15) is 31.9 Å². The third kappa shape index (κ3) is 2.92. The van der Waals surface area contributed by atoms with Crippen molar-refractivity contribution >= 4 is 18.2 Å². The first-order valence-corrected chi connectivity index (χ1v) is 5.73. The molecule has 0 radical (unpaired) electrons. The van der Waals surface area contributed by atoms with Crippen molar-refractivity contribution in [3.63, 3.8) is 0 Å². The van der Waals surface area contributed by atoms with Crippen molar-refractivity contribution in [1.29, 1.82) is 0 Å². The minimum atomic E-state index is -5.62. The maximum Gasteiger partial charge on any atom is 0.416 e. The number of alkyl halides is 4. The number of aliphatic carboxylic acids is 1. The fourth-order valence-corrected chi connectivity index (χ4v) is 1.63. The molecule has 0 saturated heterocycles. The largest absolute Gasteiger partial charge is 0.477 e. The molecule has 0 aliphatic carbocycles. The summed E-state index contributed by atoms with van der Waals surface area (Å²) in [5.74, 6) is -17.5. The monoisotopic (exact) mass is 322 g/mol. The quantitative estimate of drug-likeness (QED) is 0.390. The summed E-state index contributed by atoms with van der Waals surface area (Å²) in [4.78, 5) is 32.0. The van der Waals surface area contributed by atoms with Gasteiger partial charge in [0.05, 0.1) is 0 Å². The molecule has 0 heterocycles. The van der Waals surface area contributed by atoms with Gasteiger partial charge in [-0.05, 0) is 37.1 Å². The SMILES string of the molecule is Cc1cc(C=O)cc(C)c1OC(=O)C(F)(F)C(F)(F)C(=O)O. The molecule has 0 bridgehead atoms. The highest BCUT2D eigenvalue weighted by molar-refractivity contribution is 5.90. The third-order valence-corrected chi connectivity index (χ3v) is 2.73. The fraction of sp³-hybridized carbons (Fsp3) is 0.308. The van der Waals surface area contributed by atoms with Crippen LogP contribution in [0.4, 0.5) is 17.6 Å². The van der Waals surface area contributed by atoms with Crippen LogP contribution in [0.5, 0.6) is 5.75 Å². The summed E-state index contributed by atoms with van der Waals surface area (Å²) < 4.78 is 56.6. The maximum atomic E-state index is 13.3. The molecule has 1 aromatic rings. The first-order valence-electron chi connectivity index (χ1n) is 5.73. The number of ether oxygens (including phenoxy) is 1. The Labute approximate surface area is 121 Å². The van der Waals surface area contributed by atoms with E-state index < -0.39 is 29.5 Å². The van der Waals surface area contributed by atoms with Crippen molar-refractivity contribution < 1.29 is 41.8 Å². The zero-order valence-electron chi connectivity index (χ0n) is 11.3. The molecule has 1 aromatic carbocycles. The van der Waals surface area contributed by atoms with Gasteiger partial charge in [-0.1, -0.05) is 0 Å². The van der Waals surface area contributed by atoms with Crippen molar-refractivity contribution in [2.75, 3.05) is 0 Å². The van der Waals surface area contributed by atoms with Crippen molar-refractivity contribution in [1.82, 2.24) is 0 Å². The molecule has 5 nitrogen and oxygen atoms in total. The Balaban J connectivity index is 3.18. The number of hydrogen-bond donors (Lipinski definition) is 1. The summed E-state index contributed by atoms with van der Waals surface area (Å²) in [5.41, 5.74) is 0.312. The van der Waals surface area contributed by atoms with Crippen LogP contribution in [0, 0.1) is 13.8 Å². The molecule has 1 N–H and O–H groups in total. The van der Waals surface area contributed by atoms with Crippen LogP contribution in [-0.2, 0) is 9.59 Å². The summed E-state index contributed by atoms with van der Waals surface area (Å²) in [7, 11) is 0. The van der Waals surface area contributed by atoms with E-state index in [4.69, 9.17) is 5.11 Å². The number of hydrogen-bond acceptors (Lipinski definition) is 4. The van der Waals surface area contributed by atoms with Crippen molar-refractivity contribution in [2.45, 2.75) is 25.7 Å². The van der Waals surface area contributed by atoms with E-state index >= 15 is 0 Å². The standard InChI is InChI=1S/C13H10F4O5/c1-6-3-8(5-18)4-7(2)9(6)22-11(21)13(16,17)12(14,15)10(19)20/h3-5H,1-2H3,(H,19,20). The summed E-state index contributed by atoms with van der Waals surface area (Å²) >= 11 is 0. The summed E-state index contributed by atoms with van der Waals surface area (Å²) in [6, 6.07) is 2.38. The molecule has 9 heteroatoms. The number of rotatable bonds is 5. The van der Waals surface area contributed by atoms with Crippen LogP contribution in [0.25, 0.3) is 0 Å². The molecular formula is C13H10F4O5. The van der Waals surface area contributed by atoms with Gasteiger partial charge in [-0.25, -0.2) is 9.59 Å². The van der Waals surface area contributed by atoms with E-state index in [1.165, 1.54) is 26.0 Å². The first-order chi connectivity index (χ1) is 9.95. The molecule has 0 aliphatic heterocycles. The Morgan fingerprint density at radius 3 is 1.91 bits per heavy atom. The van der Waals surface area contributed by atoms with E-state index in [0.717, 1.165) is 0 Å². The van der Waals surface area contributed by atoms with Gasteiger partial charge in [0.2, 0.25) is 0 Å². The number of aldehydes is 1. The second kappa shape index (κ2) is 5.74. The minimum absolute atomic E-state index is 0.0740. The second-order valence-electron chi connectivity index (χ2n) is 4.45. The lowest BCUT2D eigenvalue weighted by atomic mass is 10.1. The highest BCUT2D eigenvalue weighted by Gasteiger charge is 2.69. The lowest BCUT2D eigenvalue weighted by molar-refractivity contribution is -0.229. The van der Waals surface area contributed by atoms with Crippen LogP contribution in [0.2, 0.25) is 0 Å². The zero-order chi connectivity index (χ0) is 17.3. The average Bonchev–Trinajstić information content (AvgIpc) is 2.41. The number of carboxylic acid groups (broad SMARTS) is 1. The van der Waals surface area contributed by atoms with Crippen LogP contribution in [0.3, 0.4) is 0 Å². The molecule has 1 rings (SSSR count). The van der Waals surface area contributed by atoms with E-state index in [1.54, 1.807) is 0 Å². The molecule has 0 aliphatic rings. The molecule has 120 valence electrons. The van der Waals surface area contributed by atoms with Crippen LogP contribution in [0.15, 0.2) is 12.1 Å². The Morgan fingerprint density at radius 2 is 1.55 bits per heavy atom. The van der Waals surface area contributed by atoms with E-state index in [1.807, 2.05) is 0 Å². The predicted octanol–water partition coefficient (Wildman–Crippen LogP) is 2.38. The van der Waals surface area contributed by atoms with Crippen molar-refractivity contribution in [3.05, 3.63) is 28.8 Å². The van der Waals surface area contributed by atoms with Gasteiger partial charge in [-0.3, -0.25) is 4.79 Å². The van der Waals surface area contributed by atoms with Gasteiger partial charge in [-0.2, -0.15) is 17.6 Å². The molecule has 0 unspecified atom stereocenters. The fourth-order valence-electron chi connectivity index (χ4n) is 1.63. The number of carboxylic acids is 1. The van der Waals surface area contributed by atoms with Gasteiger partial charge < -0.3 is 9.84 Å². The third-order valence-electron chi connectivity index (χ3n) is 2.73. The number of aryl methyl sites for hydroxylation is 2. The smallest absolute Gasteiger partial charge is 0.416 e. The molecule has 0 atom stereocenters. The zero-order valence-corrected chi connectivity index (χ0v) is 11.3. The van der Waals surface area contributed by atoms with Gasteiger partial charge in [0.15, 0.2) is 0 Å². The number of esters is 1. The van der Waals surface area contributed by atoms with E-state index in [2.05, 4.69) is 4.74 Å². The van der Waals surface area contributed by atoms with Gasteiger partial charge in [0.25, 0.3) is 0 Å². The van der Waals surface area contributed by atoms with Crippen LogP contribution in [0.1, 0.15) is 21.5 Å². The van der Waals surface area contributed by atoms with Gasteiger partial charge >= 0.3 is 23.8 Å². The number of carbonyl (C=O) groups is 3. The molecule has 0 aromatic heterocycles. The Morgan fingerprint density at radius 1 is 1.09 bits per heavy atom. The second-order valence-corrected chi connectivity index (χ2v) is 4.45. The molecule has 22 heavy (non-hydrogen) atoms. The molecule has 0 spiro atoms. The lowest BCUT2D eigenvalue weighted by Crippen LogP contribution is -2.53. The lowest BCUT2D eigenvalue weighted by Gasteiger charge is -2.22. The maximum absolute atomic E-state index is 13.3. The molecule has 0 fully saturated rings.